The summed E-state index contributed by atoms with van der Waals surface area (Å²) < 4.78 is 5.49. The molecule has 1 heteroatoms. The lowest BCUT2D eigenvalue weighted by molar-refractivity contribution is 0.495. The summed E-state index contributed by atoms with van der Waals surface area (Å²) in [5.74, 6) is 1.64. The van der Waals surface area contributed by atoms with Gasteiger partial charge in [-0.05, 0) is 31.4 Å². The molecule has 13 heavy (non-hydrogen) atoms. The van der Waals surface area contributed by atoms with Crippen LogP contribution in [0.3, 0.4) is 0 Å². The number of furan rings is 1. The maximum atomic E-state index is 5.49. The predicted octanol–water partition coefficient (Wildman–Crippen LogP) is 2.22. The van der Waals surface area contributed by atoms with E-state index < -0.39 is 0 Å². The van der Waals surface area contributed by atoms with E-state index in [2.05, 4.69) is 25.1 Å². The minimum Gasteiger partial charge on any atom is -0.462 e. The molecule has 0 saturated carbocycles. The first-order chi connectivity index (χ1) is 6.25. The van der Waals surface area contributed by atoms with Crippen LogP contribution in [0.5, 0.6) is 0 Å². The molecule has 1 aromatic heterocycles. The van der Waals surface area contributed by atoms with Gasteiger partial charge in [0.1, 0.15) is 11.2 Å². The second-order valence-corrected chi connectivity index (χ2v) is 3.26. The zero-order valence-electron chi connectivity index (χ0n) is 8.92. The van der Waals surface area contributed by atoms with Crippen molar-refractivity contribution in [2.24, 2.45) is 5.92 Å². The Balaban J connectivity index is 0.000000396. The highest BCUT2D eigenvalue weighted by molar-refractivity contribution is 5.37. The van der Waals surface area contributed by atoms with E-state index in [1.54, 1.807) is 0 Å². The summed E-state index contributed by atoms with van der Waals surface area (Å²) in [4.78, 5) is 0. The van der Waals surface area contributed by atoms with Crippen molar-refractivity contribution in [1.82, 2.24) is 0 Å². The molecule has 0 spiro atoms. The number of fused-ring (bicyclic) bond motifs is 1. The summed E-state index contributed by atoms with van der Waals surface area (Å²) in [7, 11) is 0. The van der Waals surface area contributed by atoms with Crippen molar-refractivity contribution < 1.29 is 4.42 Å². The quantitative estimate of drug-likeness (QED) is 0.593. The van der Waals surface area contributed by atoms with Gasteiger partial charge in [0, 0.05) is 5.22 Å². The Morgan fingerprint density at radius 2 is 2.08 bits per heavy atom. The van der Waals surface area contributed by atoms with Crippen LogP contribution in [0, 0.1) is 12.8 Å². The van der Waals surface area contributed by atoms with E-state index in [4.69, 9.17) is 4.42 Å². The Labute approximate surface area is 79.8 Å². The van der Waals surface area contributed by atoms with Gasteiger partial charge in [-0.3, -0.25) is 0 Å². The molecule has 1 atom stereocenters. The van der Waals surface area contributed by atoms with Crippen molar-refractivity contribution in [3.63, 3.8) is 0 Å². The van der Waals surface area contributed by atoms with Crippen LogP contribution in [-0.2, 0) is 0 Å². The van der Waals surface area contributed by atoms with E-state index in [1.165, 1.54) is 5.22 Å². The minimum absolute atomic E-state index is 0.632. The number of rotatable bonds is 0. The van der Waals surface area contributed by atoms with Gasteiger partial charge < -0.3 is 4.42 Å². The van der Waals surface area contributed by atoms with Gasteiger partial charge in [0.05, 0.1) is 0 Å². The Hall–Kier alpha value is -0.980. The van der Waals surface area contributed by atoms with Crippen LogP contribution >= 0.6 is 0 Å². The molecule has 1 aromatic rings. The Kier molecular flexibility index (Phi) is 3.35. The van der Waals surface area contributed by atoms with Crippen LogP contribution in [0.2, 0.25) is 0 Å². The fourth-order valence-corrected chi connectivity index (χ4v) is 1.48. The third-order valence-corrected chi connectivity index (χ3v) is 2.06. The maximum absolute atomic E-state index is 5.49. The average Bonchev–Trinajstić information content (AvgIpc) is 2.48. The van der Waals surface area contributed by atoms with Gasteiger partial charge in [-0.25, -0.2) is 0 Å². The number of aryl methyl sites for hydroxylation is 1. The molecule has 1 aliphatic carbocycles. The highest BCUT2D eigenvalue weighted by atomic mass is 16.3. The minimum atomic E-state index is 0.632. The third-order valence-electron chi connectivity index (χ3n) is 2.06. The smallest absolute Gasteiger partial charge is 0.130 e. The van der Waals surface area contributed by atoms with Gasteiger partial charge in [-0.1, -0.05) is 26.8 Å². The monoisotopic (exact) mass is 178 g/mol. The zero-order chi connectivity index (χ0) is 9.84. The molecular weight excluding hydrogens is 160 g/mol. The zero-order valence-corrected chi connectivity index (χ0v) is 8.92. The molecule has 0 aromatic carbocycles. The molecule has 0 N–H and O–H groups in total. The SMILES string of the molecule is CC.Cc1cc2c(o1)=CC(C)CC=2. The molecule has 0 radical (unpaired) electrons. The van der Waals surface area contributed by atoms with E-state index in [1.807, 2.05) is 20.8 Å². The summed E-state index contributed by atoms with van der Waals surface area (Å²) in [5, 5.41) is 1.26. The van der Waals surface area contributed by atoms with E-state index in [9.17, 15) is 0 Å². The summed E-state index contributed by atoms with van der Waals surface area (Å²) in [6.45, 7) is 8.20. The lowest BCUT2D eigenvalue weighted by Gasteiger charge is -2.02. The van der Waals surface area contributed by atoms with Crippen LogP contribution in [-0.4, -0.2) is 0 Å². The van der Waals surface area contributed by atoms with Crippen molar-refractivity contribution in [1.29, 1.82) is 0 Å². The van der Waals surface area contributed by atoms with Crippen LogP contribution in [0.4, 0.5) is 0 Å². The Bertz CT molecular complexity index is 370. The lowest BCUT2D eigenvalue weighted by atomic mass is 10.0. The summed E-state index contributed by atoms with van der Waals surface area (Å²) in [6, 6.07) is 2.09. The molecule has 0 aliphatic heterocycles. The van der Waals surface area contributed by atoms with Crippen molar-refractivity contribution in [2.45, 2.75) is 34.1 Å². The first-order valence-electron chi connectivity index (χ1n) is 5.04. The molecule has 1 heterocycles. The van der Waals surface area contributed by atoms with Gasteiger partial charge in [0.15, 0.2) is 0 Å². The molecule has 0 amide bonds. The van der Waals surface area contributed by atoms with Gasteiger partial charge in [-0.2, -0.15) is 0 Å². The van der Waals surface area contributed by atoms with Crippen LogP contribution in [0.25, 0.3) is 12.2 Å². The van der Waals surface area contributed by atoms with Gasteiger partial charge in [0.2, 0.25) is 0 Å². The van der Waals surface area contributed by atoms with Crippen LogP contribution in [0.1, 0.15) is 33.0 Å². The number of hydrogen-bond acceptors (Lipinski definition) is 1. The van der Waals surface area contributed by atoms with E-state index in [0.717, 1.165) is 17.6 Å². The summed E-state index contributed by atoms with van der Waals surface area (Å²) in [5.41, 5.74) is 1.06. The van der Waals surface area contributed by atoms with Gasteiger partial charge in [-0.15, -0.1) is 0 Å². The van der Waals surface area contributed by atoms with Crippen LogP contribution < -0.4 is 10.6 Å². The molecule has 0 saturated heterocycles. The van der Waals surface area contributed by atoms with Crippen molar-refractivity contribution in [2.75, 3.05) is 0 Å². The molecular formula is C12H18O. The molecule has 72 valence electrons. The number of hydrogen-bond donors (Lipinski definition) is 0. The second-order valence-electron chi connectivity index (χ2n) is 3.26. The molecule has 2 rings (SSSR count). The predicted molar refractivity (Wildman–Crippen MR) is 56.8 cm³/mol. The third kappa shape index (κ3) is 2.24. The summed E-state index contributed by atoms with van der Waals surface area (Å²) >= 11 is 0. The van der Waals surface area contributed by atoms with Crippen molar-refractivity contribution >= 4 is 12.2 Å². The molecule has 1 nitrogen and oxygen atoms in total. The average molecular weight is 178 g/mol. The van der Waals surface area contributed by atoms with Crippen molar-refractivity contribution in [3.8, 4) is 0 Å². The fraction of sp³-hybridized carbons (Fsp3) is 0.500. The largest absolute Gasteiger partial charge is 0.462 e. The highest BCUT2D eigenvalue weighted by Crippen LogP contribution is 2.06. The first kappa shape index (κ1) is 10.1. The Morgan fingerprint density at radius 1 is 1.38 bits per heavy atom. The van der Waals surface area contributed by atoms with Gasteiger partial charge in [0.25, 0.3) is 0 Å². The van der Waals surface area contributed by atoms with Gasteiger partial charge >= 0.3 is 0 Å². The van der Waals surface area contributed by atoms with Crippen molar-refractivity contribution in [3.05, 3.63) is 22.5 Å². The topological polar surface area (TPSA) is 13.1 Å². The molecule has 1 aliphatic rings. The highest BCUT2D eigenvalue weighted by Gasteiger charge is 2.03. The lowest BCUT2D eigenvalue weighted by Crippen LogP contribution is -2.23. The van der Waals surface area contributed by atoms with E-state index in [-0.39, 0.29) is 0 Å². The van der Waals surface area contributed by atoms with Crippen LogP contribution in [0.15, 0.2) is 10.5 Å². The maximum Gasteiger partial charge on any atom is 0.130 e. The second kappa shape index (κ2) is 4.31. The summed E-state index contributed by atoms with van der Waals surface area (Å²) in [6.07, 6.45) is 5.59. The normalized spacial score (nSPS) is 18.9. The van der Waals surface area contributed by atoms with E-state index >= 15 is 0 Å². The molecule has 1 unspecified atom stereocenters. The molecule has 0 fully saturated rings. The standard InChI is InChI=1S/C10H12O.C2H6/c1-7-3-4-9-6-8(2)11-10(9)5-7;1-2/h4-7H,3H2,1-2H3;1-2H3. The molecule has 0 bridgehead atoms. The fourth-order valence-electron chi connectivity index (χ4n) is 1.48. The van der Waals surface area contributed by atoms with E-state index in [0.29, 0.717) is 5.92 Å². The first-order valence-corrected chi connectivity index (χ1v) is 5.04. The Morgan fingerprint density at radius 3 is 2.77 bits per heavy atom.